The highest BCUT2D eigenvalue weighted by atomic mass is 79.9. The van der Waals surface area contributed by atoms with Crippen molar-refractivity contribution in [3.63, 3.8) is 0 Å². The van der Waals surface area contributed by atoms with Crippen LogP contribution in [0.2, 0.25) is 0 Å². The molecule has 3 heteroatoms. The second-order valence-electron chi connectivity index (χ2n) is 5.06. The van der Waals surface area contributed by atoms with Gasteiger partial charge in [0.2, 0.25) is 0 Å². The molecule has 1 aliphatic carbocycles. The number of rotatable bonds is 2. The van der Waals surface area contributed by atoms with Crippen molar-refractivity contribution in [1.82, 2.24) is 0 Å². The molecular formula is C14H18BrNO. The molecule has 2 nitrogen and oxygen atoms in total. The maximum atomic E-state index is 12.4. The van der Waals surface area contributed by atoms with Crippen molar-refractivity contribution in [3.05, 3.63) is 28.2 Å². The molecule has 1 fully saturated rings. The molecule has 0 aromatic heterocycles. The van der Waals surface area contributed by atoms with Crippen LogP contribution in [-0.4, -0.2) is 5.78 Å². The molecule has 1 aromatic carbocycles. The number of benzene rings is 1. The van der Waals surface area contributed by atoms with E-state index in [1.165, 1.54) is 12.8 Å². The minimum Gasteiger partial charge on any atom is -0.399 e. The van der Waals surface area contributed by atoms with E-state index in [0.717, 1.165) is 28.8 Å². The number of hydrogen-bond donors (Lipinski definition) is 1. The first kappa shape index (κ1) is 12.6. The molecule has 1 aliphatic rings. The molecule has 2 rings (SSSR count). The largest absolute Gasteiger partial charge is 0.399 e. The van der Waals surface area contributed by atoms with Gasteiger partial charge in [-0.05, 0) is 52.9 Å². The summed E-state index contributed by atoms with van der Waals surface area (Å²) in [4.78, 5) is 12.4. The van der Waals surface area contributed by atoms with Gasteiger partial charge < -0.3 is 5.73 Å². The number of halogens is 1. The average Bonchev–Trinajstić information content (AvgIpc) is 2.29. The minimum absolute atomic E-state index is 0.200. The van der Waals surface area contributed by atoms with E-state index in [9.17, 15) is 4.79 Å². The third kappa shape index (κ3) is 2.89. The van der Waals surface area contributed by atoms with E-state index in [-0.39, 0.29) is 11.7 Å². The maximum absolute atomic E-state index is 12.4. The molecule has 92 valence electrons. The lowest BCUT2D eigenvalue weighted by Crippen LogP contribution is -2.21. The highest BCUT2D eigenvalue weighted by molar-refractivity contribution is 9.10. The number of nitrogens with two attached hydrogens (primary N) is 1. The Bertz CT molecular complexity index is 422. The smallest absolute Gasteiger partial charge is 0.167 e. The van der Waals surface area contributed by atoms with E-state index in [4.69, 9.17) is 5.73 Å². The van der Waals surface area contributed by atoms with Crippen molar-refractivity contribution in [1.29, 1.82) is 0 Å². The van der Waals surface area contributed by atoms with Crippen LogP contribution in [0.5, 0.6) is 0 Å². The summed E-state index contributed by atoms with van der Waals surface area (Å²) in [5.74, 6) is 1.24. The lowest BCUT2D eigenvalue weighted by molar-refractivity contribution is 0.0875. The number of carbonyl (C=O) groups excluding carboxylic acids is 1. The molecule has 2 N–H and O–H groups in total. The summed E-state index contributed by atoms with van der Waals surface area (Å²) in [6, 6.07) is 5.43. The molecule has 1 saturated carbocycles. The van der Waals surface area contributed by atoms with E-state index >= 15 is 0 Å². The normalized spacial score (nSPS) is 24.6. The fourth-order valence-corrected chi connectivity index (χ4v) is 3.07. The van der Waals surface area contributed by atoms with Gasteiger partial charge in [0, 0.05) is 21.6 Å². The van der Waals surface area contributed by atoms with E-state index in [1.54, 1.807) is 12.1 Å². The van der Waals surface area contributed by atoms with Gasteiger partial charge in [0.1, 0.15) is 0 Å². The molecular weight excluding hydrogens is 278 g/mol. The molecule has 0 amide bonds. The van der Waals surface area contributed by atoms with Gasteiger partial charge in [0.25, 0.3) is 0 Å². The summed E-state index contributed by atoms with van der Waals surface area (Å²) in [5, 5.41) is 0. The molecule has 0 radical (unpaired) electrons. The highest BCUT2D eigenvalue weighted by Gasteiger charge is 2.26. The van der Waals surface area contributed by atoms with Crippen LogP contribution in [0.25, 0.3) is 0 Å². The fourth-order valence-electron chi connectivity index (χ4n) is 2.47. The molecule has 0 heterocycles. The predicted octanol–water partition coefficient (Wildman–Crippen LogP) is 4.04. The van der Waals surface area contributed by atoms with Gasteiger partial charge in [0.15, 0.2) is 5.78 Å². The first-order chi connectivity index (χ1) is 8.08. The Labute approximate surface area is 111 Å². The lowest BCUT2D eigenvalue weighted by Gasteiger charge is -2.25. The maximum Gasteiger partial charge on any atom is 0.167 e. The summed E-state index contributed by atoms with van der Waals surface area (Å²) in [6.45, 7) is 2.26. The van der Waals surface area contributed by atoms with E-state index < -0.39 is 0 Å². The Morgan fingerprint density at radius 1 is 1.29 bits per heavy atom. The van der Waals surface area contributed by atoms with Gasteiger partial charge in [-0.25, -0.2) is 0 Å². The number of carbonyl (C=O) groups is 1. The quantitative estimate of drug-likeness (QED) is 0.661. The molecule has 17 heavy (non-hydrogen) atoms. The summed E-state index contributed by atoms with van der Waals surface area (Å²) in [6.07, 6.45) is 4.39. The highest BCUT2D eigenvalue weighted by Crippen LogP contribution is 2.32. The molecule has 0 atom stereocenters. The van der Waals surface area contributed by atoms with Crippen LogP contribution in [0.15, 0.2) is 22.7 Å². The first-order valence-electron chi connectivity index (χ1n) is 6.17. The second-order valence-corrected chi connectivity index (χ2v) is 5.91. The molecule has 0 saturated heterocycles. The van der Waals surface area contributed by atoms with E-state index in [1.807, 2.05) is 6.07 Å². The van der Waals surface area contributed by atoms with Crippen molar-refractivity contribution >= 4 is 27.4 Å². The SMILES string of the molecule is CC1CCC(C(=O)c2ccc(N)cc2Br)CC1. The van der Waals surface area contributed by atoms with Gasteiger partial charge >= 0.3 is 0 Å². The number of ketones is 1. The Balaban J connectivity index is 2.14. The third-order valence-electron chi connectivity index (χ3n) is 3.65. The van der Waals surface area contributed by atoms with Crippen LogP contribution in [0, 0.1) is 11.8 Å². The van der Waals surface area contributed by atoms with E-state index in [0.29, 0.717) is 5.69 Å². The number of nitrogen functional groups attached to an aromatic ring is 1. The Hall–Kier alpha value is -0.830. The third-order valence-corrected chi connectivity index (χ3v) is 4.30. The summed E-state index contributed by atoms with van der Waals surface area (Å²) in [5.41, 5.74) is 7.15. The zero-order chi connectivity index (χ0) is 12.4. The van der Waals surface area contributed by atoms with Crippen LogP contribution in [-0.2, 0) is 0 Å². The molecule has 0 unspecified atom stereocenters. The summed E-state index contributed by atoms with van der Waals surface area (Å²) in [7, 11) is 0. The van der Waals surface area contributed by atoms with Gasteiger partial charge in [0.05, 0.1) is 0 Å². The molecule has 0 bridgehead atoms. The fraction of sp³-hybridized carbons (Fsp3) is 0.500. The Morgan fingerprint density at radius 3 is 2.53 bits per heavy atom. The van der Waals surface area contributed by atoms with Crippen molar-refractivity contribution in [3.8, 4) is 0 Å². The molecule has 0 aliphatic heterocycles. The van der Waals surface area contributed by atoms with Crippen molar-refractivity contribution in [2.24, 2.45) is 11.8 Å². The van der Waals surface area contributed by atoms with Crippen LogP contribution in [0.3, 0.4) is 0 Å². The van der Waals surface area contributed by atoms with Gasteiger partial charge in [-0.3, -0.25) is 4.79 Å². The topological polar surface area (TPSA) is 43.1 Å². The molecule has 1 aromatic rings. The average molecular weight is 296 g/mol. The Morgan fingerprint density at radius 2 is 1.94 bits per heavy atom. The number of anilines is 1. The monoisotopic (exact) mass is 295 g/mol. The molecule has 0 spiro atoms. The van der Waals surface area contributed by atoms with Crippen molar-refractivity contribution < 1.29 is 4.79 Å². The van der Waals surface area contributed by atoms with Crippen molar-refractivity contribution in [2.75, 3.05) is 5.73 Å². The van der Waals surface area contributed by atoms with E-state index in [2.05, 4.69) is 22.9 Å². The zero-order valence-corrected chi connectivity index (χ0v) is 11.7. The standard InChI is InChI=1S/C14H18BrNO/c1-9-2-4-10(5-3-9)14(17)12-7-6-11(16)8-13(12)15/h6-10H,2-5,16H2,1H3. The zero-order valence-electron chi connectivity index (χ0n) is 10.1. The van der Waals surface area contributed by atoms with Crippen LogP contribution < -0.4 is 5.73 Å². The lowest BCUT2D eigenvalue weighted by atomic mass is 9.79. The van der Waals surface area contributed by atoms with Gasteiger partial charge in [-0.2, -0.15) is 0 Å². The summed E-state index contributed by atoms with van der Waals surface area (Å²) < 4.78 is 0.820. The van der Waals surface area contributed by atoms with Crippen LogP contribution in [0.1, 0.15) is 43.0 Å². The van der Waals surface area contributed by atoms with Gasteiger partial charge in [-0.15, -0.1) is 0 Å². The Kier molecular flexibility index (Phi) is 3.87. The summed E-state index contributed by atoms with van der Waals surface area (Å²) >= 11 is 3.43. The number of hydrogen-bond acceptors (Lipinski definition) is 2. The van der Waals surface area contributed by atoms with Crippen molar-refractivity contribution in [2.45, 2.75) is 32.6 Å². The second kappa shape index (κ2) is 5.21. The first-order valence-corrected chi connectivity index (χ1v) is 6.96. The van der Waals surface area contributed by atoms with Crippen LogP contribution >= 0.6 is 15.9 Å². The minimum atomic E-state index is 0.200. The number of Topliss-reactive ketones (excluding diaryl/α,β-unsaturated/α-hetero) is 1. The predicted molar refractivity (Wildman–Crippen MR) is 74.0 cm³/mol. The van der Waals surface area contributed by atoms with Crippen LogP contribution in [0.4, 0.5) is 5.69 Å². The van der Waals surface area contributed by atoms with Gasteiger partial charge in [-0.1, -0.05) is 19.8 Å².